The molecule has 6 heteroatoms. The fourth-order valence-corrected chi connectivity index (χ4v) is 2.04. The van der Waals surface area contributed by atoms with Gasteiger partial charge in [0, 0.05) is 11.6 Å². The van der Waals surface area contributed by atoms with Gasteiger partial charge in [-0.1, -0.05) is 12.1 Å². The van der Waals surface area contributed by atoms with Crippen LogP contribution in [0, 0.1) is 0 Å². The summed E-state index contributed by atoms with van der Waals surface area (Å²) in [6, 6.07) is 5.09. The maximum absolute atomic E-state index is 11.5. The minimum atomic E-state index is -0.515. The van der Waals surface area contributed by atoms with Gasteiger partial charge in [0.1, 0.15) is 5.52 Å². The van der Waals surface area contributed by atoms with Crippen molar-refractivity contribution in [2.24, 2.45) is 5.73 Å². The van der Waals surface area contributed by atoms with E-state index in [1.165, 1.54) is 0 Å². The molecule has 1 amide bonds. The van der Waals surface area contributed by atoms with E-state index in [9.17, 15) is 9.59 Å². The minimum Gasteiger partial charge on any atom is -0.466 e. The van der Waals surface area contributed by atoms with Crippen molar-refractivity contribution in [3.63, 3.8) is 0 Å². The number of aromatic nitrogens is 2. The maximum atomic E-state index is 11.5. The Bertz CT molecular complexity index is 648. The minimum absolute atomic E-state index is 0.151. The molecule has 0 aliphatic rings. The second-order valence-corrected chi connectivity index (χ2v) is 4.57. The van der Waals surface area contributed by atoms with Crippen LogP contribution in [0.5, 0.6) is 0 Å². The molecule has 20 heavy (non-hydrogen) atoms. The highest BCUT2D eigenvalue weighted by molar-refractivity contribution is 6.04. The Morgan fingerprint density at radius 3 is 2.85 bits per heavy atom. The number of fused-ring (bicyclic) bond motifs is 1. The first-order chi connectivity index (χ1) is 9.52. The van der Waals surface area contributed by atoms with Crippen molar-refractivity contribution in [3.8, 4) is 0 Å². The number of benzene rings is 1. The van der Waals surface area contributed by atoms with E-state index >= 15 is 0 Å². The lowest BCUT2D eigenvalue weighted by atomic mass is 10.1. The van der Waals surface area contributed by atoms with Gasteiger partial charge in [0.05, 0.1) is 24.6 Å². The Hall–Kier alpha value is -2.37. The van der Waals surface area contributed by atoms with Gasteiger partial charge in [-0.2, -0.15) is 5.10 Å². The topological polar surface area (TPSA) is 87.2 Å². The van der Waals surface area contributed by atoms with Gasteiger partial charge < -0.3 is 10.5 Å². The molecule has 6 nitrogen and oxygen atoms in total. The lowest BCUT2D eigenvalue weighted by Gasteiger charge is -2.10. The van der Waals surface area contributed by atoms with Crippen LogP contribution in [-0.2, 0) is 9.53 Å². The zero-order valence-electron chi connectivity index (χ0n) is 11.5. The number of ether oxygens (including phenoxy) is 1. The fraction of sp³-hybridized carbons (Fsp3) is 0.357. The molecule has 0 spiro atoms. The molecule has 1 heterocycles. The molecule has 1 aromatic heterocycles. The monoisotopic (exact) mass is 275 g/mol. The largest absolute Gasteiger partial charge is 0.466 e. The molecular formula is C14H17N3O3. The van der Waals surface area contributed by atoms with E-state index in [1.54, 1.807) is 29.9 Å². The van der Waals surface area contributed by atoms with E-state index in [0.717, 1.165) is 5.39 Å². The number of carbonyl (C=O) groups is 2. The highest BCUT2D eigenvalue weighted by Gasteiger charge is 2.15. The average molecular weight is 275 g/mol. The van der Waals surface area contributed by atoms with Gasteiger partial charge in [0.15, 0.2) is 0 Å². The first-order valence-corrected chi connectivity index (χ1v) is 6.46. The first kappa shape index (κ1) is 14.0. The number of rotatable bonds is 5. The van der Waals surface area contributed by atoms with Crippen LogP contribution < -0.4 is 5.73 Å². The summed E-state index contributed by atoms with van der Waals surface area (Å²) in [5.41, 5.74) is 6.25. The Labute approximate surface area is 116 Å². The third-order valence-corrected chi connectivity index (χ3v) is 3.04. The van der Waals surface area contributed by atoms with Crippen LogP contribution >= 0.6 is 0 Å². The highest BCUT2D eigenvalue weighted by Crippen LogP contribution is 2.20. The predicted octanol–water partition coefficient (Wildman–Crippen LogP) is 1.65. The predicted molar refractivity (Wildman–Crippen MR) is 74.2 cm³/mol. The molecule has 1 unspecified atom stereocenters. The summed E-state index contributed by atoms with van der Waals surface area (Å²) in [6.45, 7) is 4.00. The highest BCUT2D eigenvalue weighted by atomic mass is 16.5. The normalized spacial score (nSPS) is 12.3. The van der Waals surface area contributed by atoms with E-state index in [1.807, 2.05) is 13.0 Å². The number of amides is 1. The van der Waals surface area contributed by atoms with Crippen molar-refractivity contribution in [2.75, 3.05) is 6.61 Å². The number of hydrogen-bond acceptors (Lipinski definition) is 4. The molecule has 1 atom stereocenters. The number of carbonyl (C=O) groups excluding carboxylic acids is 2. The van der Waals surface area contributed by atoms with Crippen molar-refractivity contribution in [1.82, 2.24) is 9.78 Å². The number of esters is 1. The van der Waals surface area contributed by atoms with Crippen LogP contribution in [0.25, 0.3) is 10.9 Å². The Morgan fingerprint density at radius 2 is 2.20 bits per heavy atom. The summed E-state index contributed by atoms with van der Waals surface area (Å²) in [4.78, 5) is 22.8. The third kappa shape index (κ3) is 2.79. The van der Waals surface area contributed by atoms with Crippen molar-refractivity contribution in [1.29, 1.82) is 0 Å². The van der Waals surface area contributed by atoms with Gasteiger partial charge in [-0.25, -0.2) is 0 Å². The van der Waals surface area contributed by atoms with Crippen LogP contribution in [0.2, 0.25) is 0 Å². The van der Waals surface area contributed by atoms with Gasteiger partial charge in [-0.15, -0.1) is 0 Å². The standard InChI is InChI=1S/C14H17N3O3/c1-3-20-12(18)7-9(2)17-8-10-5-4-6-11(14(15)19)13(10)16-17/h4-6,8-9H,3,7H2,1-2H3,(H2,15,19). The van der Waals surface area contributed by atoms with Crippen LogP contribution in [0.1, 0.15) is 36.7 Å². The summed E-state index contributed by atoms with van der Waals surface area (Å²) in [6.07, 6.45) is 2.03. The molecule has 1 aromatic carbocycles. The molecule has 2 N–H and O–H groups in total. The van der Waals surface area contributed by atoms with Crippen molar-refractivity contribution in [3.05, 3.63) is 30.0 Å². The van der Waals surface area contributed by atoms with Crippen LogP contribution in [-0.4, -0.2) is 28.3 Å². The Balaban J connectivity index is 2.30. The van der Waals surface area contributed by atoms with Gasteiger partial charge in [0.2, 0.25) is 0 Å². The Morgan fingerprint density at radius 1 is 1.45 bits per heavy atom. The molecular weight excluding hydrogens is 258 g/mol. The van der Waals surface area contributed by atoms with Gasteiger partial charge in [-0.05, 0) is 19.9 Å². The summed E-state index contributed by atoms with van der Waals surface area (Å²) in [5.74, 6) is -0.784. The maximum Gasteiger partial charge on any atom is 0.307 e. The SMILES string of the molecule is CCOC(=O)CC(C)n1cc2cccc(C(N)=O)c2n1. The molecule has 0 fully saturated rings. The van der Waals surface area contributed by atoms with Crippen molar-refractivity contribution in [2.45, 2.75) is 26.3 Å². The zero-order chi connectivity index (χ0) is 14.7. The molecule has 0 radical (unpaired) electrons. The molecule has 106 valence electrons. The lowest BCUT2D eigenvalue weighted by Crippen LogP contribution is -2.14. The van der Waals surface area contributed by atoms with Gasteiger partial charge in [0.25, 0.3) is 5.91 Å². The van der Waals surface area contributed by atoms with Crippen LogP contribution in [0.4, 0.5) is 0 Å². The fourth-order valence-electron chi connectivity index (χ4n) is 2.04. The summed E-state index contributed by atoms with van der Waals surface area (Å²) < 4.78 is 6.58. The number of nitrogens with two attached hydrogens (primary N) is 1. The van der Waals surface area contributed by atoms with E-state index in [2.05, 4.69) is 5.10 Å². The third-order valence-electron chi connectivity index (χ3n) is 3.04. The lowest BCUT2D eigenvalue weighted by molar-refractivity contribution is -0.143. The molecule has 0 aliphatic carbocycles. The van der Waals surface area contributed by atoms with Gasteiger partial charge >= 0.3 is 5.97 Å². The molecule has 0 bridgehead atoms. The molecule has 2 rings (SSSR count). The summed E-state index contributed by atoms with van der Waals surface area (Å²) in [7, 11) is 0. The smallest absolute Gasteiger partial charge is 0.307 e. The Kier molecular flexibility index (Phi) is 4.02. The van der Waals surface area contributed by atoms with Crippen molar-refractivity contribution < 1.29 is 14.3 Å². The van der Waals surface area contributed by atoms with Crippen molar-refractivity contribution >= 4 is 22.8 Å². The second kappa shape index (κ2) is 5.73. The molecule has 2 aromatic rings. The second-order valence-electron chi connectivity index (χ2n) is 4.57. The first-order valence-electron chi connectivity index (χ1n) is 6.46. The number of hydrogen-bond donors (Lipinski definition) is 1. The van der Waals surface area contributed by atoms with E-state index in [0.29, 0.717) is 17.7 Å². The molecule has 0 saturated carbocycles. The summed E-state index contributed by atoms with van der Waals surface area (Å²) in [5, 5.41) is 5.17. The molecule has 0 saturated heterocycles. The van der Waals surface area contributed by atoms with E-state index < -0.39 is 5.91 Å². The van der Waals surface area contributed by atoms with E-state index in [4.69, 9.17) is 10.5 Å². The zero-order valence-corrected chi connectivity index (χ0v) is 11.5. The average Bonchev–Trinajstić information content (AvgIpc) is 2.82. The van der Waals surface area contributed by atoms with Gasteiger partial charge in [-0.3, -0.25) is 14.3 Å². The quantitative estimate of drug-likeness (QED) is 0.840. The number of nitrogens with zero attached hydrogens (tertiary/aromatic N) is 2. The number of primary amides is 1. The van der Waals surface area contributed by atoms with Crippen LogP contribution in [0.3, 0.4) is 0 Å². The van der Waals surface area contributed by atoms with Crippen LogP contribution in [0.15, 0.2) is 24.4 Å². The van der Waals surface area contributed by atoms with E-state index in [-0.39, 0.29) is 18.4 Å². The molecule has 0 aliphatic heterocycles. The summed E-state index contributed by atoms with van der Waals surface area (Å²) >= 11 is 0.